The van der Waals surface area contributed by atoms with Gasteiger partial charge >= 0.3 is 18.1 Å². The maximum Gasteiger partial charge on any atom is 0.417 e. The molecule has 0 unspecified atom stereocenters. The van der Waals surface area contributed by atoms with Crippen molar-refractivity contribution < 1.29 is 41.8 Å². The molecule has 0 heterocycles. The molecule has 0 saturated carbocycles. The number of Topliss-reactive ketones (excluding diaryl/α,β-unsaturated/α-hetero) is 1. The van der Waals surface area contributed by atoms with Crippen molar-refractivity contribution in [1.82, 2.24) is 0 Å². The largest absolute Gasteiger partial charge is 0.465 e. The van der Waals surface area contributed by atoms with Crippen LogP contribution in [-0.2, 0) is 41.9 Å². The molecule has 0 aliphatic rings. The van der Waals surface area contributed by atoms with Crippen LogP contribution < -0.4 is 5.32 Å². The monoisotopic (exact) mass is 631 g/mol. The fraction of sp³-hybridized carbons (Fsp3) is 0.222. The summed E-state index contributed by atoms with van der Waals surface area (Å²) in [6, 6.07) is 25.9. The maximum atomic E-state index is 14.0. The number of benzene rings is 4. The van der Waals surface area contributed by atoms with Crippen LogP contribution in [0.3, 0.4) is 0 Å². The summed E-state index contributed by atoms with van der Waals surface area (Å²) in [6.45, 7) is 3.14. The second-order valence-corrected chi connectivity index (χ2v) is 10.3. The van der Waals surface area contributed by atoms with Crippen LogP contribution in [-0.4, -0.2) is 36.8 Å². The van der Waals surface area contributed by atoms with Gasteiger partial charge in [-0.05, 0) is 54.3 Å². The van der Waals surface area contributed by atoms with Gasteiger partial charge in [-0.2, -0.15) is 13.2 Å². The summed E-state index contributed by atoms with van der Waals surface area (Å²) in [4.78, 5) is 53.2. The van der Waals surface area contributed by atoms with Crippen molar-refractivity contribution in [3.63, 3.8) is 0 Å². The van der Waals surface area contributed by atoms with E-state index in [2.05, 4.69) is 5.32 Å². The van der Waals surface area contributed by atoms with Gasteiger partial charge in [-0.1, -0.05) is 84.9 Å². The molecule has 1 N–H and O–H groups in total. The second kappa shape index (κ2) is 14.7. The second-order valence-electron chi connectivity index (χ2n) is 10.3. The third-order valence-corrected chi connectivity index (χ3v) is 7.27. The molecular formula is C36H32F3NO6. The molecule has 1 amide bonds. The highest BCUT2D eigenvalue weighted by Gasteiger charge is 2.52. The van der Waals surface area contributed by atoms with Gasteiger partial charge in [0.15, 0.2) is 5.41 Å². The zero-order valence-electron chi connectivity index (χ0n) is 25.2. The number of halogens is 3. The van der Waals surface area contributed by atoms with Gasteiger partial charge in [-0.25, -0.2) is 0 Å². The number of esters is 2. The third kappa shape index (κ3) is 7.51. The molecule has 4 aromatic rings. The Balaban J connectivity index is 1.57. The number of rotatable bonds is 12. The summed E-state index contributed by atoms with van der Waals surface area (Å²) < 4.78 is 52.3. The molecule has 0 aliphatic heterocycles. The first-order valence-corrected chi connectivity index (χ1v) is 14.6. The Kier molecular flexibility index (Phi) is 10.7. The first-order chi connectivity index (χ1) is 22.0. The van der Waals surface area contributed by atoms with Crippen LogP contribution in [0.2, 0.25) is 0 Å². The summed E-state index contributed by atoms with van der Waals surface area (Å²) in [7, 11) is 0. The van der Waals surface area contributed by atoms with Crippen molar-refractivity contribution in [2.24, 2.45) is 0 Å². The van der Waals surface area contributed by atoms with Gasteiger partial charge in [-0.3, -0.25) is 19.2 Å². The fourth-order valence-corrected chi connectivity index (χ4v) is 5.17. The minimum Gasteiger partial charge on any atom is -0.465 e. The number of hydrogen-bond donors (Lipinski definition) is 1. The first-order valence-electron chi connectivity index (χ1n) is 14.6. The Bertz CT molecular complexity index is 1670. The molecule has 4 aromatic carbocycles. The van der Waals surface area contributed by atoms with Gasteiger partial charge in [0.1, 0.15) is 5.78 Å². The Morgan fingerprint density at radius 1 is 0.696 bits per heavy atom. The van der Waals surface area contributed by atoms with Gasteiger partial charge in [0, 0.05) is 18.5 Å². The Morgan fingerprint density at radius 3 is 1.80 bits per heavy atom. The minimum absolute atomic E-state index is 0.0194. The molecule has 238 valence electrons. The number of carbonyl (C=O) groups is 4. The molecule has 0 atom stereocenters. The standard InChI is InChI=1S/C36H32F3NO6/c1-3-45-33(43)35(34(44)46-4-2,26-14-9-6-10-15-26)23-28(41)22-24-18-20-27(21-19-24)40-32(42)31-29(25-12-7-5-8-13-25)16-11-17-30(31)36(37,38)39/h5-21H,3-4,22-23H2,1-2H3,(H,40,42). The van der Waals surface area contributed by atoms with Crippen molar-refractivity contribution in [3.8, 4) is 11.1 Å². The molecule has 0 spiro atoms. The molecule has 4 rings (SSSR count). The summed E-state index contributed by atoms with van der Waals surface area (Å²) in [5, 5.41) is 2.53. The van der Waals surface area contributed by atoms with Crippen molar-refractivity contribution in [2.45, 2.75) is 38.3 Å². The van der Waals surface area contributed by atoms with Crippen molar-refractivity contribution >= 4 is 29.3 Å². The van der Waals surface area contributed by atoms with Crippen molar-refractivity contribution in [3.05, 3.63) is 125 Å². The Hall–Kier alpha value is -5.25. The lowest BCUT2D eigenvalue weighted by molar-refractivity contribution is -0.166. The smallest absolute Gasteiger partial charge is 0.417 e. The van der Waals surface area contributed by atoms with Gasteiger partial charge < -0.3 is 14.8 Å². The van der Waals surface area contributed by atoms with E-state index in [0.29, 0.717) is 11.1 Å². The average Bonchev–Trinajstić information content (AvgIpc) is 3.04. The number of anilines is 1. The quantitative estimate of drug-likeness (QED) is 0.131. The number of hydrogen-bond acceptors (Lipinski definition) is 6. The molecule has 0 aromatic heterocycles. The van der Waals surface area contributed by atoms with Gasteiger partial charge in [0.2, 0.25) is 0 Å². The molecular weight excluding hydrogens is 599 g/mol. The summed E-state index contributed by atoms with van der Waals surface area (Å²) in [6.07, 6.45) is -5.48. The lowest BCUT2D eigenvalue weighted by Gasteiger charge is -2.29. The highest BCUT2D eigenvalue weighted by atomic mass is 19.4. The number of carbonyl (C=O) groups excluding carboxylic acids is 4. The van der Waals surface area contributed by atoms with E-state index in [0.717, 1.165) is 6.07 Å². The van der Waals surface area contributed by atoms with E-state index < -0.39 is 52.8 Å². The number of ether oxygens (including phenoxy) is 2. The molecule has 0 radical (unpaired) electrons. The van der Waals surface area contributed by atoms with Crippen LogP contribution in [0.25, 0.3) is 11.1 Å². The van der Waals surface area contributed by atoms with Crippen LogP contribution in [0.4, 0.5) is 18.9 Å². The van der Waals surface area contributed by atoms with Crippen molar-refractivity contribution in [1.29, 1.82) is 0 Å². The SMILES string of the molecule is CCOC(=O)C(CC(=O)Cc1ccc(NC(=O)c2c(-c3ccccc3)cccc2C(F)(F)F)cc1)(C(=O)OCC)c1ccccc1. The van der Waals surface area contributed by atoms with Crippen LogP contribution >= 0.6 is 0 Å². The molecule has 0 saturated heterocycles. The number of alkyl halides is 3. The molecule has 0 fully saturated rings. The number of ketones is 1. The van der Waals surface area contributed by atoms with E-state index in [-0.39, 0.29) is 36.4 Å². The molecule has 46 heavy (non-hydrogen) atoms. The Labute approximate surface area is 264 Å². The maximum absolute atomic E-state index is 14.0. The first kappa shape index (κ1) is 33.6. The van der Waals surface area contributed by atoms with E-state index in [1.807, 2.05) is 0 Å². The van der Waals surface area contributed by atoms with Gasteiger partial charge in [0.05, 0.1) is 24.3 Å². The Morgan fingerprint density at radius 2 is 1.26 bits per heavy atom. The van der Waals surface area contributed by atoms with Crippen molar-refractivity contribution in [2.75, 3.05) is 18.5 Å². The zero-order chi connectivity index (χ0) is 33.3. The van der Waals surface area contributed by atoms with E-state index in [4.69, 9.17) is 9.47 Å². The average molecular weight is 632 g/mol. The van der Waals surface area contributed by atoms with E-state index in [9.17, 15) is 32.3 Å². The van der Waals surface area contributed by atoms with E-state index in [1.54, 1.807) is 74.5 Å². The normalized spacial score (nSPS) is 11.4. The van der Waals surface area contributed by atoms with E-state index in [1.165, 1.54) is 36.4 Å². The van der Waals surface area contributed by atoms with Crippen LogP contribution in [0.15, 0.2) is 103 Å². The highest BCUT2D eigenvalue weighted by Crippen LogP contribution is 2.37. The predicted octanol–water partition coefficient (Wildman–Crippen LogP) is 7.19. The minimum atomic E-state index is -4.77. The number of amides is 1. The van der Waals surface area contributed by atoms with Crippen LogP contribution in [0, 0.1) is 0 Å². The zero-order valence-corrected chi connectivity index (χ0v) is 25.2. The fourth-order valence-electron chi connectivity index (χ4n) is 5.17. The van der Waals surface area contributed by atoms with Crippen LogP contribution in [0.1, 0.15) is 47.3 Å². The molecule has 7 nitrogen and oxygen atoms in total. The summed E-state index contributed by atoms with van der Waals surface area (Å²) in [5.41, 5.74) is -2.08. The lowest BCUT2D eigenvalue weighted by atomic mass is 9.75. The highest BCUT2D eigenvalue weighted by molar-refractivity contribution is 6.11. The molecule has 0 aliphatic carbocycles. The summed E-state index contributed by atoms with van der Waals surface area (Å²) in [5.74, 6) is -3.22. The summed E-state index contributed by atoms with van der Waals surface area (Å²) >= 11 is 0. The predicted molar refractivity (Wildman–Crippen MR) is 166 cm³/mol. The lowest BCUT2D eigenvalue weighted by Crippen LogP contribution is -2.48. The topological polar surface area (TPSA) is 98.8 Å². The third-order valence-electron chi connectivity index (χ3n) is 7.27. The number of nitrogens with one attached hydrogen (secondary N) is 1. The molecule has 0 bridgehead atoms. The van der Waals surface area contributed by atoms with Gasteiger partial charge in [0.25, 0.3) is 5.91 Å². The van der Waals surface area contributed by atoms with Gasteiger partial charge in [-0.15, -0.1) is 0 Å². The molecule has 10 heteroatoms. The van der Waals surface area contributed by atoms with E-state index >= 15 is 0 Å². The van der Waals surface area contributed by atoms with Crippen LogP contribution in [0.5, 0.6) is 0 Å².